The molecule has 1 heterocycles. The highest BCUT2D eigenvalue weighted by Gasteiger charge is 2.22. The van der Waals surface area contributed by atoms with Gasteiger partial charge in [0.1, 0.15) is 5.75 Å². The molecule has 0 bridgehead atoms. The highest BCUT2D eigenvalue weighted by atomic mass is 16.5. The van der Waals surface area contributed by atoms with Crippen molar-refractivity contribution < 1.29 is 9.47 Å². The SMILES string of the molecule is CN=C(NCCc1ccc(OC)cc1)NCc1ccccc1CN1CC(C)OC(C)C1. The zero-order valence-electron chi connectivity index (χ0n) is 19.2. The Labute approximate surface area is 186 Å². The van der Waals surface area contributed by atoms with E-state index in [0.29, 0.717) is 0 Å². The summed E-state index contributed by atoms with van der Waals surface area (Å²) < 4.78 is 11.1. The van der Waals surface area contributed by atoms with E-state index in [4.69, 9.17) is 9.47 Å². The quantitative estimate of drug-likeness (QED) is 0.503. The molecule has 2 N–H and O–H groups in total. The molecule has 6 heteroatoms. The molecule has 2 aromatic carbocycles. The Balaban J connectivity index is 1.49. The molecule has 0 amide bonds. The van der Waals surface area contributed by atoms with Crippen molar-refractivity contribution in [1.29, 1.82) is 0 Å². The second-order valence-electron chi connectivity index (χ2n) is 8.17. The van der Waals surface area contributed by atoms with Crippen molar-refractivity contribution in [3.05, 3.63) is 65.2 Å². The van der Waals surface area contributed by atoms with Gasteiger partial charge >= 0.3 is 0 Å². The van der Waals surface area contributed by atoms with Crippen LogP contribution in [0.15, 0.2) is 53.5 Å². The molecular weight excluding hydrogens is 388 g/mol. The van der Waals surface area contributed by atoms with Crippen LogP contribution in [0.25, 0.3) is 0 Å². The summed E-state index contributed by atoms with van der Waals surface area (Å²) in [6, 6.07) is 16.8. The summed E-state index contributed by atoms with van der Waals surface area (Å²) in [5, 5.41) is 6.87. The summed E-state index contributed by atoms with van der Waals surface area (Å²) in [5.74, 6) is 1.70. The van der Waals surface area contributed by atoms with Gasteiger partial charge in [-0.1, -0.05) is 36.4 Å². The average Bonchev–Trinajstić information content (AvgIpc) is 2.77. The van der Waals surface area contributed by atoms with E-state index in [0.717, 1.165) is 50.9 Å². The van der Waals surface area contributed by atoms with E-state index in [1.54, 1.807) is 7.11 Å². The van der Waals surface area contributed by atoms with E-state index in [1.807, 2.05) is 19.2 Å². The molecule has 0 spiro atoms. The van der Waals surface area contributed by atoms with Crippen molar-refractivity contribution in [3.63, 3.8) is 0 Å². The fourth-order valence-corrected chi connectivity index (χ4v) is 4.06. The zero-order valence-corrected chi connectivity index (χ0v) is 19.2. The monoisotopic (exact) mass is 424 g/mol. The van der Waals surface area contributed by atoms with E-state index in [2.05, 4.69) is 70.8 Å². The van der Waals surface area contributed by atoms with Crippen LogP contribution >= 0.6 is 0 Å². The Morgan fingerprint density at radius 2 is 1.71 bits per heavy atom. The molecule has 2 aromatic rings. The first-order chi connectivity index (χ1) is 15.1. The number of methoxy groups -OCH3 is 1. The van der Waals surface area contributed by atoms with Gasteiger partial charge in [-0.25, -0.2) is 0 Å². The van der Waals surface area contributed by atoms with Crippen LogP contribution < -0.4 is 15.4 Å². The minimum Gasteiger partial charge on any atom is -0.497 e. The maximum Gasteiger partial charge on any atom is 0.191 e. The summed E-state index contributed by atoms with van der Waals surface area (Å²) in [5.41, 5.74) is 3.92. The van der Waals surface area contributed by atoms with Gasteiger partial charge in [-0.2, -0.15) is 0 Å². The van der Waals surface area contributed by atoms with Crippen molar-refractivity contribution in [3.8, 4) is 5.75 Å². The second-order valence-corrected chi connectivity index (χ2v) is 8.17. The van der Waals surface area contributed by atoms with Crippen molar-refractivity contribution in [1.82, 2.24) is 15.5 Å². The maximum atomic E-state index is 5.87. The molecule has 1 aliphatic rings. The number of nitrogens with zero attached hydrogens (tertiary/aromatic N) is 2. The van der Waals surface area contributed by atoms with Crippen LogP contribution in [0.5, 0.6) is 5.75 Å². The summed E-state index contributed by atoms with van der Waals surface area (Å²) in [6.07, 6.45) is 1.49. The Morgan fingerprint density at radius 3 is 2.35 bits per heavy atom. The average molecular weight is 425 g/mol. The number of nitrogens with one attached hydrogen (secondary N) is 2. The largest absolute Gasteiger partial charge is 0.497 e. The molecule has 31 heavy (non-hydrogen) atoms. The van der Waals surface area contributed by atoms with Crippen molar-refractivity contribution in [2.75, 3.05) is 33.8 Å². The minimum atomic E-state index is 0.280. The van der Waals surface area contributed by atoms with Gasteiger partial charge < -0.3 is 20.1 Å². The van der Waals surface area contributed by atoms with E-state index < -0.39 is 0 Å². The fourth-order valence-electron chi connectivity index (χ4n) is 4.06. The van der Waals surface area contributed by atoms with Crippen LogP contribution in [0.4, 0.5) is 0 Å². The third kappa shape index (κ3) is 7.26. The van der Waals surface area contributed by atoms with E-state index in [-0.39, 0.29) is 12.2 Å². The predicted octanol–water partition coefficient (Wildman–Crippen LogP) is 3.21. The molecule has 0 saturated carbocycles. The van der Waals surface area contributed by atoms with E-state index >= 15 is 0 Å². The van der Waals surface area contributed by atoms with Gasteiger partial charge in [-0.15, -0.1) is 0 Å². The van der Waals surface area contributed by atoms with Gasteiger partial charge in [0.2, 0.25) is 0 Å². The highest BCUT2D eigenvalue weighted by molar-refractivity contribution is 5.79. The molecule has 1 aliphatic heterocycles. The molecule has 2 atom stereocenters. The van der Waals surface area contributed by atoms with Crippen LogP contribution in [0.1, 0.15) is 30.5 Å². The number of morpholine rings is 1. The van der Waals surface area contributed by atoms with Crippen molar-refractivity contribution in [2.24, 2.45) is 4.99 Å². The van der Waals surface area contributed by atoms with Crippen LogP contribution in [0.2, 0.25) is 0 Å². The predicted molar refractivity (Wildman–Crippen MR) is 127 cm³/mol. The maximum absolute atomic E-state index is 5.87. The Bertz CT molecular complexity index is 828. The first-order valence-electron chi connectivity index (χ1n) is 11.1. The van der Waals surface area contributed by atoms with Crippen LogP contribution in [-0.4, -0.2) is 56.9 Å². The van der Waals surface area contributed by atoms with Gasteiger partial charge in [-0.3, -0.25) is 9.89 Å². The molecule has 3 rings (SSSR count). The van der Waals surface area contributed by atoms with Crippen LogP contribution in [0, 0.1) is 0 Å². The number of guanidine groups is 1. The molecule has 168 valence electrons. The Morgan fingerprint density at radius 1 is 1.03 bits per heavy atom. The number of aliphatic imine (C=N–C) groups is 1. The molecule has 1 fully saturated rings. The smallest absolute Gasteiger partial charge is 0.191 e. The first-order valence-corrected chi connectivity index (χ1v) is 11.1. The van der Waals surface area contributed by atoms with Gasteiger partial charge in [0.05, 0.1) is 19.3 Å². The zero-order chi connectivity index (χ0) is 22.1. The molecule has 0 aromatic heterocycles. The molecule has 1 saturated heterocycles. The first kappa shape index (κ1) is 23.1. The number of rotatable bonds is 8. The third-order valence-electron chi connectivity index (χ3n) is 5.54. The van der Waals surface area contributed by atoms with Gasteiger partial charge in [-0.05, 0) is 49.1 Å². The number of hydrogen-bond donors (Lipinski definition) is 2. The molecule has 0 aliphatic carbocycles. The summed E-state index contributed by atoms with van der Waals surface area (Å²) in [6.45, 7) is 8.75. The standard InChI is InChI=1S/C25H36N4O2/c1-19-16-29(17-20(2)31-19)18-23-8-6-5-7-22(23)15-28-25(26-3)27-14-13-21-9-11-24(30-4)12-10-21/h5-12,19-20H,13-18H2,1-4H3,(H2,26,27,28). The van der Waals surface area contributed by atoms with Crippen LogP contribution in [0.3, 0.4) is 0 Å². The number of ether oxygens (including phenoxy) is 2. The molecule has 0 radical (unpaired) electrons. The lowest BCUT2D eigenvalue weighted by atomic mass is 10.1. The van der Waals surface area contributed by atoms with Crippen LogP contribution in [-0.2, 0) is 24.2 Å². The summed E-state index contributed by atoms with van der Waals surface area (Å²) in [7, 11) is 3.50. The summed E-state index contributed by atoms with van der Waals surface area (Å²) in [4.78, 5) is 6.86. The lowest BCUT2D eigenvalue weighted by Gasteiger charge is -2.35. The Kier molecular flexibility index (Phi) is 8.74. The third-order valence-corrected chi connectivity index (χ3v) is 5.54. The lowest BCUT2D eigenvalue weighted by molar-refractivity contribution is -0.0705. The molecule has 2 unspecified atom stereocenters. The summed E-state index contributed by atoms with van der Waals surface area (Å²) >= 11 is 0. The van der Waals surface area contributed by atoms with E-state index in [9.17, 15) is 0 Å². The topological polar surface area (TPSA) is 58.1 Å². The van der Waals surface area contributed by atoms with Gasteiger partial charge in [0, 0.05) is 39.8 Å². The fraction of sp³-hybridized carbons (Fsp3) is 0.480. The molecule has 6 nitrogen and oxygen atoms in total. The van der Waals surface area contributed by atoms with Gasteiger partial charge in [0.25, 0.3) is 0 Å². The Hall–Kier alpha value is -2.57. The molecular formula is C25H36N4O2. The second kappa shape index (κ2) is 11.7. The minimum absolute atomic E-state index is 0.280. The lowest BCUT2D eigenvalue weighted by Crippen LogP contribution is -2.45. The van der Waals surface area contributed by atoms with Gasteiger partial charge in [0.15, 0.2) is 5.96 Å². The number of benzene rings is 2. The van der Waals surface area contributed by atoms with E-state index in [1.165, 1.54) is 16.7 Å². The van der Waals surface area contributed by atoms with Crippen molar-refractivity contribution >= 4 is 5.96 Å². The van der Waals surface area contributed by atoms with Crippen molar-refractivity contribution in [2.45, 2.75) is 45.6 Å². The number of hydrogen-bond acceptors (Lipinski definition) is 4. The highest BCUT2D eigenvalue weighted by Crippen LogP contribution is 2.17. The normalized spacial score (nSPS) is 19.8.